The molecule has 0 aromatic heterocycles. The smallest absolute Gasteiger partial charge is 0.251 e. The van der Waals surface area contributed by atoms with E-state index in [4.69, 9.17) is 4.74 Å². The number of carbonyl (C=O) groups is 2. The Hall–Kier alpha value is -1.92. The third kappa shape index (κ3) is 6.04. The first-order valence-electron chi connectivity index (χ1n) is 10.2. The third-order valence-electron chi connectivity index (χ3n) is 5.41. The van der Waals surface area contributed by atoms with E-state index < -0.39 is 0 Å². The van der Waals surface area contributed by atoms with Crippen LogP contribution in [-0.2, 0) is 9.53 Å². The van der Waals surface area contributed by atoms with Crippen LogP contribution in [0, 0.1) is 5.92 Å². The Kier molecular flexibility index (Phi) is 7.24. The van der Waals surface area contributed by atoms with E-state index in [2.05, 4.69) is 16.0 Å². The maximum atomic E-state index is 12.4. The summed E-state index contributed by atoms with van der Waals surface area (Å²) >= 11 is 0. The van der Waals surface area contributed by atoms with Gasteiger partial charge in [0, 0.05) is 49.5 Å². The maximum absolute atomic E-state index is 12.4. The van der Waals surface area contributed by atoms with Crippen LogP contribution in [0.3, 0.4) is 0 Å². The first-order chi connectivity index (χ1) is 13.1. The summed E-state index contributed by atoms with van der Waals surface area (Å²) in [5.74, 6) is 0.369. The van der Waals surface area contributed by atoms with E-state index in [1.54, 1.807) is 18.2 Å². The number of anilines is 1. The molecule has 2 aliphatic heterocycles. The number of ether oxygens (including phenoxy) is 1. The normalized spacial score (nSPS) is 23.8. The minimum atomic E-state index is -0.127. The van der Waals surface area contributed by atoms with Gasteiger partial charge in [0.15, 0.2) is 0 Å². The fraction of sp³-hybridized carbons (Fsp3) is 0.619. The molecule has 6 nitrogen and oxygen atoms in total. The molecule has 2 fully saturated rings. The van der Waals surface area contributed by atoms with Crippen molar-refractivity contribution in [2.75, 3.05) is 25.1 Å². The number of piperidine rings is 1. The quantitative estimate of drug-likeness (QED) is 0.582. The number of rotatable bonds is 9. The Morgan fingerprint density at radius 1 is 1.22 bits per heavy atom. The van der Waals surface area contributed by atoms with Crippen LogP contribution < -0.4 is 16.0 Å². The molecule has 148 valence electrons. The van der Waals surface area contributed by atoms with Crippen molar-refractivity contribution in [2.45, 2.75) is 57.5 Å². The Morgan fingerprint density at radius 3 is 2.74 bits per heavy atom. The van der Waals surface area contributed by atoms with Gasteiger partial charge in [-0.1, -0.05) is 6.07 Å². The van der Waals surface area contributed by atoms with Gasteiger partial charge in [-0.05, 0) is 63.1 Å². The van der Waals surface area contributed by atoms with Gasteiger partial charge in [0.1, 0.15) is 0 Å². The van der Waals surface area contributed by atoms with Crippen molar-refractivity contribution in [3.8, 4) is 0 Å². The molecule has 2 aliphatic rings. The Balaban J connectivity index is 1.45. The molecule has 3 N–H and O–H groups in total. The summed E-state index contributed by atoms with van der Waals surface area (Å²) in [5.41, 5.74) is 1.24. The largest absolute Gasteiger partial charge is 0.382 e. The van der Waals surface area contributed by atoms with Gasteiger partial charge >= 0.3 is 0 Å². The van der Waals surface area contributed by atoms with Crippen LogP contribution in [0.1, 0.15) is 55.8 Å². The average Bonchev–Trinajstić information content (AvgIpc) is 2.99. The van der Waals surface area contributed by atoms with Crippen LogP contribution in [-0.4, -0.2) is 43.7 Å². The molecule has 27 heavy (non-hydrogen) atoms. The Labute approximate surface area is 161 Å². The van der Waals surface area contributed by atoms with Crippen LogP contribution >= 0.6 is 0 Å². The van der Waals surface area contributed by atoms with Crippen molar-refractivity contribution in [1.29, 1.82) is 0 Å². The number of benzene rings is 1. The maximum Gasteiger partial charge on any atom is 0.251 e. The SMILES string of the molecule is CCOCCCNC(=O)c1cccc(NC(=O)CC2CC3CCC(C2)N3)c1. The number of carbonyl (C=O) groups excluding carboxylic acids is 2. The molecule has 2 amide bonds. The van der Waals surface area contributed by atoms with Crippen molar-refractivity contribution in [3.63, 3.8) is 0 Å². The molecule has 0 spiro atoms. The number of fused-ring (bicyclic) bond motifs is 2. The van der Waals surface area contributed by atoms with Crippen molar-refractivity contribution in [3.05, 3.63) is 29.8 Å². The predicted octanol–water partition coefficient (Wildman–Crippen LogP) is 2.70. The van der Waals surface area contributed by atoms with Gasteiger partial charge < -0.3 is 20.7 Å². The summed E-state index contributed by atoms with van der Waals surface area (Å²) < 4.78 is 5.26. The van der Waals surface area contributed by atoms with E-state index >= 15 is 0 Å². The lowest BCUT2D eigenvalue weighted by Gasteiger charge is -2.28. The lowest BCUT2D eigenvalue weighted by atomic mass is 9.89. The predicted molar refractivity (Wildman–Crippen MR) is 106 cm³/mol. The second kappa shape index (κ2) is 9.85. The summed E-state index contributed by atoms with van der Waals surface area (Å²) in [4.78, 5) is 24.7. The van der Waals surface area contributed by atoms with Gasteiger partial charge in [-0.25, -0.2) is 0 Å². The molecule has 0 saturated carbocycles. The number of amides is 2. The van der Waals surface area contributed by atoms with Crippen molar-refractivity contribution >= 4 is 17.5 Å². The summed E-state index contributed by atoms with van der Waals surface area (Å²) in [6.45, 7) is 3.86. The minimum Gasteiger partial charge on any atom is -0.382 e. The molecule has 2 unspecified atom stereocenters. The van der Waals surface area contributed by atoms with E-state index in [0.29, 0.717) is 55.4 Å². The van der Waals surface area contributed by atoms with Gasteiger partial charge in [0.2, 0.25) is 5.91 Å². The monoisotopic (exact) mass is 373 g/mol. The summed E-state index contributed by atoms with van der Waals surface area (Å²) in [7, 11) is 0. The van der Waals surface area contributed by atoms with Crippen molar-refractivity contribution in [2.24, 2.45) is 5.92 Å². The zero-order valence-corrected chi connectivity index (χ0v) is 16.1. The highest BCUT2D eigenvalue weighted by Gasteiger charge is 2.34. The molecule has 2 atom stereocenters. The van der Waals surface area contributed by atoms with Crippen LogP contribution in [0.25, 0.3) is 0 Å². The van der Waals surface area contributed by atoms with E-state index in [9.17, 15) is 9.59 Å². The molecule has 0 aliphatic carbocycles. The van der Waals surface area contributed by atoms with E-state index in [0.717, 1.165) is 19.3 Å². The number of nitrogens with one attached hydrogen (secondary N) is 3. The highest BCUT2D eigenvalue weighted by molar-refractivity contribution is 5.97. The number of hydrogen-bond acceptors (Lipinski definition) is 4. The molecule has 0 radical (unpaired) electrons. The van der Waals surface area contributed by atoms with Crippen LogP contribution in [0.2, 0.25) is 0 Å². The van der Waals surface area contributed by atoms with Gasteiger partial charge in [-0.2, -0.15) is 0 Å². The molecule has 1 aromatic carbocycles. The van der Waals surface area contributed by atoms with E-state index in [-0.39, 0.29) is 11.8 Å². The first kappa shape index (κ1) is 19.8. The van der Waals surface area contributed by atoms with Gasteiger partial charge in [0.25, 0.3) is 5.91 Å². The van der Waals surface area contributed by atoms with Crippen molar-refractivity contribution in [1.82, 2.24) is 10.6 Å². The van der Waals surface area contributed by atoms with Crippen molar-refractivity contribution < 1.29 is 14.3 Å². The van der Waals surface area contributed by atoms with Gasteiger partial charge in [-0.3, -0.25) is 9.59 Å². The summed E-state index contributed by atoms with van der Waals surface area (Å²) in [5, 5.41) is 9.45. The Morgan fingerprint density at radius 2 is 2.00 bits per heavy atom. The zero-order chi connectivity index (χ0) is 19.1. The fourth-order valence-corrected chi connectivity index (χ4v) is 4.18. The lowest BCUT2D eigenvalue weighted by Crippen LogP contribution is -2.39. The second-order valence-electron chi connectivity index (χ2n) is 7.61. The molecule has 6 heteroatoms. The van der Waals surface area contributed by atoms with E-state index in [1.165, 1.54) is 12.8 Å². The second-order valence-corrected chi connectivity index (χ2v) is 7.61. The van der Waals surface area contributed by atoms with Crippen LogP contribution in [0.5, 0.6) is 0 Å². The molecule has 2 saturated heterocycles. The average molecular weight is 373 g/mol. The van der Waals surface area contributed by atoms with Crippen LogP contribution in [0.15, 0.2) is 24.3 Å². The van der Waals surface area contributed by atoms with Gasteiger partial charge in [0.05, 0.1) is 0 Å². The zero-order valence-electron chi connectivity index (χ0n) is 16.1. The molecular weight excluding hydrogens is 342 g/mol. The topological polar surface area (TPSA) is 79.5 Å². The fourth-order valence-electron chi connectivity index (χ4n) is 4.18. The van der Waals surface area contributed by atoms with E-state index in [1.807, 2.05) is 13.0 Å². The number of hydrogen-bond donors (Lipinski definition) is 3. The Bertz CT molecular complexity index is 637. The molecule has 2 bridgehead atoms. The molecule has 3 rings (SSSR count). The summed E-state index contributed by atoms with van der Waals surface area (Å²) in [6.07, 6.45) is 6.01. The minimum absolute atomic E-state index is 0.0376. The molecular formula is C21H31N3O3. The molecule has 2 heterocycles. The molecule has 1 aromatic rings. The third-order valence-corrected chi connectivity index (χ3v) is 5.41. The van der Waals surface area contributed by atoms with Gasteiger partial charge in [-0.15, -0.1) is 0 Å². The summed E-state index contributed by atoms with van der Waals surface area (Å²) in [6, 6.07) is 8.32. The lowest BCUT2D eigenvalue weighted by molar-refractivity contribution is -0.117. The van der Waals surface area contributed by atoms with Crippen LogP contribution in [0.4, 0.5) is 5.69 Å². The highest BCUT2D eigenvalue weighted by Crippen LogP contribution is 2.32. The first-order valence-corrected chi connectivity index (χ1v) is 10.2. The highest BCUT2D eigenvalue weighted by atomic mass is 16.5. The standard InChI is InChI=1S/C21H31N3O3/c1-2-27-10-4-9-22-21(26)16-5-3-6-17(14-16)24-20(25)13-15-11-18-7-8-19(12-15)23-18/h3,5-6,14-15,18-19,23H,2,4,7-13H2,1H3,(H,22,26)(H,24,25).